The van der Waals surface area contributed by atoms with Gasteiger partial charge in [0.25, 0.3) is 5.91 Å². The van der Waals surface area contributed by atoms with Gasteiger partial charge in [-0.3, -0.25) is 14.5 Å². The van der Waals surface area contributed by atoms with Gasteiger partial charge < -0.3 is 14.6 Å². The number of carboxylic acids is 1. The summed E-state index contributed by atoms with van der Waals surface area (Å²) in [7, 11) is 0. The molecule has 1 saturated carbocycles. The topological polar surface area (TPSA) is 106 Å². The molecule has 0 radical (unpaired) electrons. The largest absolute Gasteiger partial charge is 0.478 e. The molecule has 1 amide bonds. The molecule has 3 rings (SSSR count). The Hall–Kier alpha value is -2.48. The van der Waals surface area contributed by atoms with Gasteiger partial charge in [-0.15, -0.1) is 0 Å². The highest BCUT2D eigenvalue weighted by atomic mass is 16.6. The number of aliphatic carboxylic acids is 1. The van der Waals surface area contributed by atoms with Gasteiger partial charge >= 0.3 is 11.9 Å². The van der Waals surface area contributed by atoms with Crippen molar-refractivity contribution in [1.82, 2.24) is 4.98 Å². The first-order valence-electron chi connectivity index (χ1n) is 7.77. The third-order valence-electron chi connectivity index (χ3n) is 3.96. The molecular weight excluding hydrogens is 316 g/mol. The van der Waals surface area contributed by atoms with Gasteiger partial charge in [-0.1, -0.05) is 6.07 Å². The number of nitrogens with zero attached hydrogens (tertiary/aromatic N) is 2. The zero-order valence-corrected chi connectivity index (χ0v) is 13.2. The van der Waals surface area contributed by atoms with Crippen molar-refractivity contribution < 1.29 is 29.0 Å². The number of amides is 1. The molecule has 8 heteroatoms. The van der Waals surface area contributed by atoms with Crippen molar-refractivity contribution in [3.63, 3.8) is 0 Å². The van der Waals surface area contributed by atoms with Crippen LogP contribution >= 0.6 is 0 Å². The van der Waals surface area contributed by atoms with Gasteiger partial charge in [0.1, 0.15) is 5.82 Å². The van der Waals surface area contributed by atoms with Crippen LogP contribution in [0.1, 0.15) is 31.4 Å². The Labute approximate surface area is 138 Å². The highest BCUT2D eigenvalue weighted by Gasteiger charge is 2.43. The summed E-state index contributed by atoms with van der Waals surface area (Å²) in [6.45, 7) is 1.49. The molecule has 2 aliphatic rings. The summed E-state index contributed by atoms with van der Waals surface area (Å²) in [6.07, 6.45) is -0.885. The molecule has 1 aromatic rings. The van der Waals surface area contributed by atoms with E-state index in [2.05, 4.69) is 4.98 Å². The molecule has 8 nitrogen and oxygen atoms in total. The summed E-state index contributed by atoms with van der Waals surface area (Å²) in [5.41, 5.74) is 0.929. The van der Waals surface area contributed by atoms with Crippen molar-refractivity contribution >= 4 is 23.7 Å². The average Bonchev–Trinajstić information content (AvgIpc) is 3.38. The molecule has 2 fully saturated rings. The average molecular weight is 334 g/mol. The van der Waals surface area contributed by atoms with E-state index in [9.17, 15) is 19.5 Å². The third-order valence-corrected chi connectivity index (χ3v) is 3.96. The van der Waals surface area contributed by atoms with Crippen LogP contribution in [0.5, 0.6) is 0 Å². The smallest absolute Gasteiger partial charge is 0.348 e. The number of pyridine rings is 1. The van der Waals surface area contributed by atoms with E-state index in [0.717, 1.165) is 25.5 Å². The van der Waals surface area contributed by atoms with Crippen LogP contribution in [-0.4, -0.2) is 53.3 Å². The first-order valence-corrected chi connectivity index (χ1v) is 7.77. The molecule has 24 heavy (non-hydrogen) atoms. The Morgan fingerprint density at radius 1 is 1.42 bits per heavy atom. The predicted octanol–water partition coefficient (Wildman–Crippen LogP) is 0.707. The first kappa shape index (κ1) is 16.4. The molecule has 1 aliphatic heterocycles. The number of hydrogen-bond donors (Lipinski definition) is 1. The molecule has 1 aliphatic carbocycles. The van der Waals surface area contributed by atoms with Gasteiger partial charge in [0.05, 0.1) is 13.2 Å². The lowest BCUT2D eigenvalue weighted by molar-refractivity contribution is -0.177. The van der Waals surface area contributed by atoms with Crippen molar-refractivity contribution in [2.75, 3.05) is 18.1 Å². The van der Waals surface area contributed by atoms with Crippen molar-refractivity contribution in [3.05, 3.63) is 23.9 Å². The molecule has 2 atom stereocenters. The van der Waals surface area contributed by atoms with Crippen LogP contribution in [0.4, 0.5) is 5.82 Å². The molecule has 128 valence electrons. The maximum Gasteiger partial charge on any atom is 0.348 e. The van der Waals surface area contributed by atoms with Crippen LogP contribution < -0.4 is 4.90 Å². The third kappa shape index (κ3) is 3.38. The standard InChI is InChI=1S/C16H18N2O6/c1-9(19)24-14(16(21)22)13-15(20)18(7-8-23-13)12-4-2-3-11(17-12)10-5-6-10/h2-4,10,13-14H,5-8H2,1H3,(H,21,22). The van der Waals surface area contributed by atoms with E-state index in [0.29, 0.717) is 11.7 Å². The number of hydrogen-bond acceptors (Lipinski definition) is 6. The number of carbonyl (C=O) groups is 3. The lowest BCUT2D eigenvalue weighted by atomic mass is 10.1. The van der Waals surface area contributed by atoms with E-state index < -0.39 is 30.1 Å². The first-order chi connectivity index (χ1) is 11.5. The molecule has 0 bridgehead atoms. The minimum absolute atomic E-state index is 0.136. The Balaban J connectivity index is 1.82. The lowest BCUT2D eigenvalue weighted by Crippen LogP contribution is -2.55. The van der Waals surface area contributed by atoms with E-state index >= 15 is 0 Å². The number of morpholine rings is 1. The zero-order chi connectivity index (χ0) is 17.3. The Morgan fingerprint density at radius 3 is 2.79 bits per heavy atom. The fourth-order valence-electron chi connectivity index (χ4n) is 2.67. The number of rotatable bonds is 5. The van der Waals surface area contributed by atoms with Crippen molar-refractivity contribution in [3.8, 4) is 0 Å². The molecular formula is C16H18N2O6. The Morgan fingerprint density at radius 2 is 2.17 bits per heavy atom. The molecule has 0 spiro atoms. The van der Waals surface area contributed by atoms with Crippen LogP contribution in [0.15, 0.2) is 18.2 Å². The van der Waals surface area contributed by atoms with Crippen LogP contribution in [0.3, 0.4) is 0 Å². The summed E-state index contributed by atoms with van der Waals surface area (Å²) < 4.78 is 10.0. The highest BCUT2D eigenvalue weighted by molar-refractivity contribution is 5.99. The van der Waals surface area contributed by atoms with Crippen molar-refractivity contribution in [2.45, 2.75) is 37.9 Å². The molecule has 0 aromatic carbocycles. The van der Waals surface area contributed by atoms with Crippen LogP contribution in [0.2, 0.25) is 0 Å². The van der Waals surface area contributed by atoms with E-state index in [4.69, 9.17) is 9.47 Å². The van der Waals surface area contributed by atoms with E-state index in [1.54, 1.807) is 6.07 Å². The molecule has 2 unspecified atom stereocenters. The minimum Gasteiger partial charge on any atom is -0.478 e. The Kier molecular flexibility index (Phi) is 4.48. The number of ether oxygens (including phenoxy) is 2. The second-order valence-electron chi connectivity index (χ2n) is 5.84. The van der Waals surface area contributed by atoms with Gasteiger partial charge in [0, 0.05) is 18.5 Å². The summed E-state index contributed by atoms with van der Waals surface area (Å²) >= 11 is 0. The summed E-state index contributed by atoms with van der Waals surface area (Å²) in [5.74, 6) is -1.89. The highest BCUT2D eigenvalue weighted by Crippen LogP contribution is 2.39. The second-order valence-corrected chi connectivity index (χ2v) is 5.84. The molecule has 1 aromatic heterocycles. The minimum atomic E-state index is -1.68. The van der Waals surface area contributed by atoms with Gasteiger partial charge in [0.2, 0.25) is 6.10 Å². The van der Waals surface area contributed by atoms with Crippen molar-refractivity contribution in [2.24, 2.45) is 0 Å². The van der Waals surface area contributed by atoms with E-state index in [-0.39, 0.29) is 13.2 Å². The maximum absolute atomic E-state index is 12.7. The predicted molar refractivity (Wildman–Crippen MR) is 81.5 cm³/mol. The van der Waals surface area contributed by atoms with Gasteiger partial charge in [0.15, 0.2) is 6.10 Å². The van der Waals surface area contributed by atoms with E-state index in [1.165, 1.54) is 4.90 Å². The van der Waals surface area contributed by atoms with Crippen molar-refractivity contribution in [1.29, 1.82) is 0 Å². The number of carbonyl (C=O) groups excluding carboxylic acids is 2. The fourth-order valence-corrected chi connectivity index (χ4v) is 2.67. The number of esters is 1. The second kappa shape index (κ2) is 6.56. The fraction of sp³-hybridized carbons (Fsp3) is 0.500. The monoisotopic (exact) mass is 334 g/mol. The van der Waals surface area contributed by atoms with Crippen LogP contribution in [0.25, 0.3) is 0 Å². The summed E-state index contributed by atoms with van der Waals surface area (Å²) in [5, 5.41) is 9.23. The SMILES string of the molecule is CC(=O)OC(C(=O)O)C1OCCN(c2cccc(C3CC3)n2)C1=O. The number of anilines is 1. The molecule has 1 saturated heterocycles. The summed E-state index contributed by atoms with van der Waals surface area (Å²) in [6, 6.07) is 5.45. The van der Waals surface area contributed by atoms with Gasteiger partial charge in [-0.2, -0.15) is 0 Å². The summed E-state index contributed by atoms with van der Waals surface area (Å²) in [4.78, 5) is 41.0. The van der Waals surface area contributed by atoms with E-state index in [1.807, 2.05) is 12.1 Å². The van der Waals surface area contributed by atoms with Crippen LogP contribution in [-0.2, 0) is 23.9 Å². The van der Waals surface area contributed by atoms with Gasteiger partial charge in [-0.05, 0) is 25.0 Å². The maximum atomic E-state index is 12.7. The van der Waals surface area contributed by atoms with Crippen LogP contribution in [0, 0.1) is 0 Å². The normalized spacial score (nSPS) is 22.1. The lowest BCUT2D eigenvalue weighted by Gasteiger charge is -2.33. The number of aromatic nitrogens is 1. The molecule has 2 heterocycles. The number of carboxylic acid groups (broad SMARTS) is 1. The van der Waals surface area contributed by atoms with Gasteiger partial charge in [-0.25, -0.2) is 9.78 Å². The quantitative estimate of drug-likeness (QED) is 0.790. The Bertz CT molecular complexity index is 672. The molecule has 1 N–H and O–H groups in total. The zero-order valence-electron chi connectivity index (χ0n) is 13.2.